The van der Waals surface area contributed by atoms with Crippen molar-refractivity contribution in [3.63, 3.8) is 0 Å². The van der Waals surface area contributed by atoms with Gasteiger partial charge in [-0.05, 0) is 80.7 Å². The summed E-state index contributed by atoms with van der Waals surface area (Å²) in [4.78, 5) is 24.8. The summed E-state index contributed by atoms with van der Waals surface area (Å²) in [5.41, 5.74) is -0.623. The minimum atomic E-state index is -1.08. The largest absolute Gasteiger partial charge is 0.367 e. The van der Waals surface area contributed by atoms with Crippen molar-refractivity contribution >= 4 is 46.0 Å². The highest BCUT2D eigenvalue weighted by molar-refractivity contribution is 6.33. The lowest BCUT2D eigenvalue weighted by Crippen LogP contribution is -2.35. The van der Waals surface area contributed by atoms with Crippen molar-refractivity contribution in [1.82, 2.24) is 0 Å². The van der Waals surface area contributed by atoms with Crippen LogP contribution in [0.3, 0.4) is 0 Å². The fourth-order valence-electron chi connectivity index (χ4n) is 7.37. The average molecular weight is 732 g/mol. The van der Waals surface area contributed by atoms with Gasteiger partial charge in [0.2, 0.25) is 0 Å². The van der Waals surface area contributed by atoms with E-state index in [1.165, 1.54) is 10.5 Å². The predicted octanol–water partition coefficient (Wildman–Crippen LogP) is 10.7. The van der Waals surface area contributed by atoms with Gasteiger partial charge < -0.3 is 9.80 Å². The Hall–Kier alpha value is -4.42. The van der Waals surface area contributed by atoms with Crippen molar-refractivity contribution in [2.45, 2.75) is 57.0 Å². The molecule has 0 N–H and O–H groups in total. The molecular weight excluding hydrogens is 699 g/mol. The summed E-state index contributed by atoms with van der Waals surface area (Å²) >= 11 is 11.9. The van der Waals surface area contributed by atoms with E-state index in [9.17, 15) is 20.2 Å². The van der Waals surface area contributed by atoms with Gasteiger partial charge in [0.15, 0.2) is 11.6 Å². The van der Waals surface area contributed by atoms with Gasteiger partial charge >= 0.3 is 0 Å². The number of nitro groups is 2. The normalized spacial score (nSPS) is 18.1. The van der Waals surface area contributed by atoms with Gasteiger partial charge in [-0.15, -0.1) is 0 Å². The zero-order valence-electron chi connectivity index (χ0n) is 26.6. The van der Waals surface area contributed by atoms with Crippen molar-refractivity contribution in [3.05, 3.63) is 137 Å². The Morgan fingerprint density at radius 3 is 1.68 bits per heavy atom. The smallest absolute Gasteiger partial charge is 0.288 e. The molecule has 2 aliphatic rings. The molecule has 262 valence electrons. The Balaban J connectivity index is 1.31. The van der Waals surface area contributed by atoms with Gasteiger partial charge in [-0.2, -0.15) is 0 Å². The topological polar surface area (TPSA) is 92.8 Å². The summed E-state index contributed by atoms with van der Waals surface area (Å²) in [7, 11) is 0. The summed E-state index contributed by atoms with van der Waals surface area (Å²) in [5, 5.41) is 22.5. The molecule has 0 radical (unpaired) electrons. The molecule has 2 saturated heterocycles. The van der Waals surface area contributed by atoms with Crippen molar-refractivity contribution in [1.29, 1.82) is 0 Å². The van der Waals surface area contributed by atoms with Crippen LogP contribution in [-0.4, -0.2) is 22.9 Å². The number of nitro benzene ring substituents is 2. The molecule has 2 heterocycles. The first kappa shape index (κ1) is 35.4. The Labute approximate surface area is 295 Å². The second-order valence-electron chi connectivity index (χ2n) is 12.7. The van der Waals surface area contributed by atoms with Crippen LogP contribution >= 0.6 is 23.2 Å². The average Bonchev–Trinajstić information content (AvgIpc) is 3.50. The molecule has 0 spiro atoms. The molecule has 0 aliphatic carbocycles. The summed E-state index contributed by atoms with van der Waals surface area (Å²) in [5.74, 6) is -3.19. The quantitative estimate of drug-likeness (QED) is 0.0916. The number of hydrogen-bond acceptors (Lipinski definition) is 6. The fraction of sp³-hybridized carbons (Fsp3) is 0.333. The molecule has 0 saturated carbocycles. The molecule has 0 aromatic heterocycles. The van der Waals surface area contributed by atoms with Gasteiger partial charge in [0, 0.05) is 42.0 Å². The van der Waals surface area contributed by atoms with E-state index in [1.54, 1.807) is 4.90 Å². The SMILES string of the molecule is O=[N+]([O-])c1cc([C@H]2CC[C@H](c3cc([N+](=O)[O-])c(Cl)cc3F)N2c2cc(F)c(N3CCC(CCCc4ccccc4)CC3)c(F)c2)c(F)cc1Cl. The lowest BCUT2D eigenvalue weighted by molar-refractivity contribution is -0.384. The number of anilines is 2. The van der Waals surface area contributed by atoms with Crippen LogP contribution in [0.25, 0.3) is 0 Å². The second kappa shape index (κ2) is 14.8. The first-order chi connectivity index (χ1) is 23.9. The molecular formula is C36H32Cl2F4N4O4. The summed E-state index contributed by atoms with van der Waals surface area (Å²) in [6, 6.07) is 13.6. The molecule has 2 aliphatic heterocycles. The third-order valence-electron chi connectivity index (χ3n) is 9.78. The number of hydrogen-bond donors (Lipinski definition) is 0. The Kier molecular flexibility index (Phi) is 10.5. The molecule has 14 heteroatoms. The Morgan fingerprint density at radius 2 is 1.20 bits per heavy atom. The number of halogens is 6. The fourth-order valence-corrected chi connectivity index (χ4v) is 7.81. The molecule has 4 aromatic rings. The molecule has 0 amide bonds. The lowest BCUT2D eigenvalue weighted by atomic mass is 9.90. The number of rotatable bonds is 10. The van der Waals surface area contributed by atoms with Crippen LogP contribution in [0.5, 0.6) is 0 Å². The van der Waals surface area contributed by atoms with E-state index in [2.05, 4.69) is 12.1 Å². The summed E-state index contributed by atoms with van der Waals surface area (Å²) in [6.07, 6.45) is 4.61. The van der Waals surface area contributed by atoms with Crippen LogP contribution in [0, 0.1) is 49.4 Å². The molecule has 8 nitrogen and oxygen atoms in total. The third kappa shape index (κ3) is 7.22. The van der Waals surface area contributed by atoms with E-state index in [0.29, 0.717) is 19.0 Å². The van der Waals surface area contributed by atoms with Gasteiger partial charge in [0.25, 0.3) is 11.4 Å². The van der Waals surface area contributed by atoms with Gasteiger partial charge in [-0.3, -0.25) is 20.2 Å². The van der Waals surface area contributed by atoms with Gasteiger partial charge in [0.1, 0.15) is 27.4 Å². The Morgan fingerprint density at radius 1 is 0.700 bits per heavy atom. The minimum absolute atomic E-state index is 0.0546. The maximum absolute atomic E-state index is 16.0. The molecule has 0 unspecified atom stereocenters. The van der Waals surface area contributed by atoms with Crippen molar-refractivity contribution in [3.8, 4) is 0 Å². The minimum Gasteiger partial charge on any atom is -0.367 e. The van der Waals surface area contributed by atoms with E-state index in [0.717, 1.165) is 68.5 Å². The second-order valence-corrected chi connectivity index (χ2v) is 13.6. The maximum atomic E-state index is 16.0. The van der Waals surface area contributed by atoms with Gasteiger partial charge in [-0.1, -0.05) is 53.5 Å². The number of aryl methyl sites for hydroxylation is 1. The lowest BCUT2D eigenvalue weighted by Gasteiger charge is -2.36. The maximum Gasteiger partial charge on any atom is 0.288 e. The number of piperidine rings is 1. The van der Waals surface area contributed by atoms with Crippen molar-refractivity contribution in [2.24, 2.45) is 5.92 Å². The van der Waals surface area contributed by atoms with Crippen LogP contribution in [0.15, 0.2) is 66.7 Å². The van der Waals surface area contributed by atoms with Crippen LogP contribution in [0.1, 0.15) is 67.3 Å². The molecule has 0 bridgehead atoms. The van der Waals surface area contributed by atoms with E-state index in [4.69, 9.17) is 23.2 Å². The molecule has 4 aromatic carbocycles. The highest BCUT2D eigenvalue weighted by atomic mass is 35.5. The predicted molar refractivity (Wildman–Crippen MR) is 184 cm³/mol. The summed E-state index contributed by atoms with van der Waals surface area (Å²) in [6.45, 7) is 0.884. The van der Waals surface area contributed by atoms with E-state index >= 15 is 17.6 Å². The molecule has 2 fully saturated rings. The van der Waals surface area contributed by atoms with Crippen molar-refractivity contribution in [2.75, 3.05) is 22.9 Å². The van der Waals surface area contributed by atoms with Crippen LogP contribution in [0.2, 0.25) is 10.0 Å². The van der Waals surface area contributed by atoms with Crippen LogP contribution < -0.4 is 9.80 Å². The number of nitrogens with zero attached hydrogens (tertiary/aromatic N) is 4. The first-order valence-corrected chi connectivity index (χ1v) is 17.0. The first-order valence-electron chi connectivity index (χ1n) is 16.3. The Bertz CT molecular complexity index is 1830. The van der Waals surface area contributed by atoms with Gasteiger partial charge in [0.05, 0.1) is 21.9 Å². The summed E-state index contributed by atoms with van der Waals surface area (Å²) < 4.78 is 63.0. The van der Waals surface area contributed by atoms with Crippen molar-refractivity contribution < 1.29 is 27.4 Å². The van der Waals surface area contributed by atoms with Crippen LogP contribution in [-0.2, 0) is 6.42 Å². The molecule has 6 rings (SSSR count). The highest BCUT2D eigenvalue weighted by Crippen LogP contribution is 2.50. The highest BCUT2D eigenvalue weighted by Gasteiger charge is 2.41. The zero-order chi connectivity index (χ0) is 35.7. The standard InChI is InChI=1S/C36H32Cl2F4N4O4/c37-26-19-28(39)24(17-34(26)45(47)48)32-9-10-33(25-18-35(46(49)50)27(38)20-29(25)40)44(32)23-15-30(41)36(31(42)16-23)43-13-11-22(12-14-43)8-4-7-21-5-2-1-3-6-21/h1-3,5-6,15-20,22,32-33H,4,7-14H2/t32-,33-/m1/s1. The zero-order valence-corrected chi connectivity index (χ0v) is 28.1. The molecule has 2 atom stereocenters. The van der Waals surface area contributed by atoms with Crippen LogP contribution in [0.4, 0.5) is 40.3 Å². The van der Waals surface area contributed by atoms with E-state index in [1.807, 2.05) is 18.2 Å². The van der Waals surface area contributed by atoms with Gasteiger partial charge in [-0.25, -0.2) is 17.6 Å². The molecule has 50 heavy (non-hydrogen) atoms. The monoisotopic (exact) mass is 730 g/mol. The van der Waals surface area contributed by atoms with E-state index in [-0.39, 0.29) is 35.3 Å². The van der Waals surface area contributed by atoms with E-state index < -0.39 is 66.6 Å². The number of benzene rings is 4. The third-order valence-corrected chi connectivity index (χ3v) is 10.4.